The highest BCUT2D eigenvalue weighted by Crippen LogP contribution is 2.34. The van der Waals surface area contributed by atoms with Gasteiger partial charge in [-0.15, -0.1) is 0 Å². The fourth-order valence-electron chi connectivity index (χ4n) is 4.96. The molecule has 0 saturated carbocycles. The lowest BCUT2D eigenvalue weighted by atomic mass is 10.0. The van der Waals surface area contributed by atoms with Gasteiger partial charge in [-0.3, -0.25) is 9.10 Å². The summed E-state index contributed by atoms with van der Waals surface area (Å²) in [6.07, 6.45) is 3.55. The monoisotopic (exact) mass is 545 g/mol. The summed E-state index contributed by atoms with van der Waals surface area (Å²) in [6, 6.07) is 19.3. The molecule has 8 nitrogen and oxygen atoms in total. The number of carbonyl (C=O) groups is 1. The Morgan fingerprint density at radius 2 is 1.69 bits per heavy atom. The summed E-state index contributed by atoms with van der Waals surface area (Å²) < 4.78 is 52.9. The number of carbonyl (C=O) groups excluding carboxylic acids is 1. The number of halogens is 1. The molecule has 0 atom stereocenters. The van der Waals surface area contributed by atoms with E-state index in [0.29, 0.717) is 18.1 Å². The van der Waals surface area contributed by atoms with Gasteiger partial charge >= 0.3 is 0 Å². The molecule has 198 valence electrons. The number of ether oxygens (including phenoxy) is 2. The molecule has 6 rings (SSSR count). The first-order chi connectivity index (χ1) is 18.9. The highest BCUT2D eigenvalue weighted by Gasteiger charge is 2.29. The number of fused-ring (bicyclic) bond motifs is 1. The molecule has 0 radical (unpaired) electrons. The molecular weight excluding hydrogens is 521 g/mol. The first kappa shape index (κ1) is 24.9. The average Bonchev–Trinajstić information content (AvgIpc) is 3.38. The zero-order valence-electron chi connectivity index (χ0n) is 20.8. The van der Waals surface area contributed by atoms with E-state index >= 15 is 0 Å². The summed E-state index contributed by atoms with van der Waals surface area (Å²) in [5, 5.41) is 6.38. The van der Waals surface area contributed by atoms with Gasteiger partial charge in [-0.2, -0.15) is 5.10 Å². The Morgan fingerprint density at radius 3 is 2.49 bits per heavy atom. The van der Waals surface area contributed by atoms with E-state index in [9.17, 15) is 17.6 Å². The van der Waals surface area contributed by atoms with Crippen molar-refractivity contribution in [3.8, 4) is 11.5 Å². The van der Waals surface area contributed by atoms with Gasteiger partial charge in [0.15, 0.2) is 11.5 Å². The number of benzene rings is 4. The molecule has 10 heteroatoms. The molecule has 1 N–H and O–H groups in total. The number of sulfonamides is 1. The smallest absolute Gasteiger partial charge is 0.264 e. The van der Waals surface area contributed by atoms with Crippen molar-refractivity contribution < 1.29 is 27.1 Å². The van der Waals surface area contributed by atoms with Crippen molar-refractivity contribution in [2.24, 2.45) is 5.10 Å². The number of hydrogen-bond donors (Lipinski definition) is 1. The number of anilines is 1. The Hall–Kier alpha value is -4.44. The van der Waals surface area contributed by atoms with E-state index in [1.165, 1.54) is 46.8 Å². The summed E-state index contributed by atoms with van der Waals surface area (Å²) in [7, 11) is -4.24. The van der Waals surface area contributed by atoms with Gasteiger partial charge < -0.3 is 9.47 Å². The Labute approximate surface area is 224 Å². The van der Waals surface area contributed by atoms with Crippen LogP contribution in [-0.4, -0.2) is 40.3 Å². The Balaban J connectivity index is 1.25. The molecule has 0 bridgehead atoms. The van der Waals surface area contributed by atoms with Crippen LogP contribution < -0.4 is 19.2 Å². The molecule has 4 aromatic carbocycles. The van der Waals surface area contributed by atoms with Crippen molar-refractivity contribution in [2.45, 2.75) is 17.7 Å². The number of hydrazone groups is 1. The van der Waals surface area contributed by atoms with Gasteiger partial charge in [0.05, 0.1) is 16.8 Å². The molecule has 0 saturated heterocycles. The summed E-state index contributed by atoms with van der Waals surface area (Å²) >= 11 is 0. The Morgan fingerprint density at radius 1 is 0.949 bits per heavy atom. The summed E-state index contributed by atoms with van der Waals surface area (Å²) in [5.41, 5.74) is 5.98. The van der Waals surface area contributed by atoms with Crippen LogP contribution in [0.4, 0.5) is 10.1 Å². The van der Waals surface area contributed by atoms with Crippen LogP contribution in [-0.2, 0) is 27.7 Å². The molecule has 1 aliphatic carbocycles. The summed E-state index contributed by atoms with van der Waals surface area (Å²) in [5.74, 6) is -0.470. The zero-order valence-corrected chi connectivity index (χ0v) is 21.6. The second-order valence-corrected chi connectivity index (χ2v) is 11.1. The van der Waals surface area contributed by atoms with Crippen molar-refractivity contribution in [3.05, 3.63) is 95.3 Å². The minimum absolute atomic E-state index is 0.0970. The van der Waals surface area contributed by atoms with E-state index in [4.69, 9.17) is 9.47 Å². The topological polar surface area (TPSA) is 97.3 Å². The van der Waals surface area contributed by atoms with Crippen LogP contribution in [0.5, 0.6) is 11.5 Å². The van der Waals surface area contributed by atoms with Crippen LogP contribution in [0.3, 0.4) is 0 Å². The van der Waals surface area contributed by atoms with E-state index in [0.717, 1.165) is 40.2 Å². The maximum atomic E-state index is 13.7. The maximum absolute atomic E-state index is 13.7. The molecule has 1 aliphatic heterocycles. The summed E-state index contributed by atoms with van der Waals surface area (Å²) in [6.45, 7) is 0.0735. The Bertz CT molecular complexity index is 1710. The van der Waals surface area contributed by atoms with Gasteiger partial charge in [0.25, 0.3) is 15.9 Å². The molecule has 0 aromatic heterocycles. The second-order valence-electron chi connectivity index (χ2n) is 9.24. The lowest BCUT2D eigenvalue weighted by Crippen LogP contribution is -2.39. The number of hydrogen-bond acceptors (Lipinski definition) is 6. The van der Waals surface area contributed by atoms with Gasteiger partial charge in [0.1, 0.15) is 25.6 Å². The van der Waals surface area contributed by atoms with E-state index in [1.54, 1.807) is 6.21 Å². The van der Waals surface area contributed by atoms with E-state index in [2.05, 4.69) is 22.7 Å². The van der Waals surface area contributed by atoms with Gasteiger partial charge in [-0.05, 0) is 71.1 Å². The third-order valence-corrected chi connectivity index (χ3v) is 8.58. The van der Waals surface area contributed by atoms with Crippen molar-refractivity contribution in [2.75, 3.05) is 24.1 Å². The van der Waals surface area contributed by atoms with E-state index in [1.807, 2.05) is 18.2 Å². The molecule has 39 heavy (non-hydrogen) atoms. The first-order valence-corrected chi connectivity index (χ1v) is 13.9. The molecule has 0 unspecified atom stereocenters. The van der Waals surface area contributed by atoms with Crippen LogP contribution in [0.15, 0.2) is 82.8 Å². The standard InChI is InChI=1S/C29H24FN3O5S/c30-22-8-10-23(11-9-22)33(39(35,36)24-12-13-26-27(16-24)38-15-14-37-26)18-28(34)32-31-17-21-7-6-20-5-4-19-2-1-3-25(21)29(19)20/h1-3,6-13,16-17H,4-5,14-15,18H2,(H,32,34). The largest absolute Gasteiger partial charge is 0.486 e. The van der Waals surface area contributed by atoms with Crippen molar-refractivity contribution >= 4 is 38.6 Å². The van der Waals surface area contributed by atoms with Crippen LogP contribution in [0.2, 0.25) is 0 Å². The van der Waals surface area contributed by atoms with Crippen LogP contribution in [0.1, 0.15) is 16.7 Å². The SMILES string of the molecule is O=C(CN(c1ccc(F)cc1)S(=O)(=O)c1ccc2c(c1)OCCO2)NN=Cc1ccc2c3c(cccc13)CC2. The Kier molecular flexibility index (Phi) is 6.40. The van der Waals surface area contributed by atoms with Crippen LogP contribution in [0.25, 0.3) is 10.8 Å². The molecular formula is C29H24FN3O5S. The van der Waals surface area contributed by atoms with Crippen molar-refractivity contribution in [1.29, 1.82) is 0 Å². The molecule has 1 heterocycles. The average molecular weight is 546 g/mol. The van der Waals surface area contributed by atoms with Crippen molar-refractivity contribution in [3.63, 3.8) is 0 Å². The minimum Gasteiger partial charge on any atom is -0.486 e. The number of aryl methyl sites for hydroxylation is 2. The predicted molar refractivity (Wildman–Crippen MR) is 145 cm³/mol. The lowest BCUT2D eigenvalue weighted by Gasteiger charge is -2.25. The number of nitrogens with zero attached hydrogens (tertiary/aromatic N) is 2. The molecule has 2 aliphatic rings. The summed E-state index contributed by atoms with van der Waals surface area (Å²) in [4.78, 5) is 12.8. The fourth-order valence-corrected chi connectivity index (χ4v) is 6.39. The lowest BCUT2D eigenvalue weighted by molar-refractivity contribution is -0.119. The van der Waals surface area contributed by atoms with Gasteiger partial charge in [0.2, 0.25) is 0 Å². The number of rotatable bonds is 7. The van der Waals surface area contributed by atoms with Gasteiger partial charge in [0, 0.05) is 11.6 Å². The van der Waals surface area contributed by atoms with Crippen LogP contribution in [0, 0.1) is 5.82 Å². The van der Waals surface area contributed by atoms with Gasteiger partial charge in [-0.1, -0.05) is 30.3 Å². The third-order valence-electron chi connectivity index (χ3n) is 6.81. The maximum Gasteiger partial charge on any atom is 0.264 e. The molecule has 4 aromatic rings. The zero-order chi connectivity index (χ0) is 27.0. The fraction of sp³-hybridized carbons (Fsp3) is 0.172. The second kappa shape index (κ2) is 10.0. The molecule has 1 amide bonds. The quantitative estimate of drug-likeness (QED) is 0.277. The number of amides is 1. The predicted octanol–water partition coefficient (Wildman–Crippen LogP) is 4.19. The third kappa shape index (κ3) is 4.79. The highest BCUT2D eigenvalue weighted by atomic mass is 32.2. The van der Waals surface area contributed by atoms with Gasteiger partial charge in [-0.25, -0.2) is 18.2 Å². The minimum atomic E-state index is -4.24. The number of nitrogens with one attached hydrogen (secondary N) is 1. The normalized spacial score (nSPS) is 14.1. The van der Waals surface area contributed by atoms with E-state index in [-0.39, 0.29) is 17.2 Å². The first-order valence-electron chi connectivity index (χ1n) is 12.4. The van der Waals surface area contributed by atoms with Crippen molar-refractivity contribution in [1.82, 2.24) is 5.43 Å². The molecule has 0 spiro atoms. The van der Waals surface area contributed by atoms with E-state index < -0.39 is 28.3 Å². The van der Waals surface area contributed by atoms with Crippen LogP contribution >= 0.6 is 0 Å². The highest BCUT2D eigenvalue weighted by molar-refractivity contribution is 7.92. The molecule has 0 fully saturated rings.